The van der Waals surface area contributed by atoms with E-state index in [-0.39, 0.29) is 24.0 Å². The SMILES string of the molecule is CC[C@H](CNC(=O)C[C@H]1CCCC[C@@H]1O)Oc1ccccc1Cl. The maximum Gasteiger partial charge on any atom is 0.220 e. The number of carbonyl (C=O) groups excluding carboxylic acids is 1. The quantitative estimate of drug-likeness (QED) is 0.798. The molecule has 23 heavy (non-hydrogen) atoms. The van der Waals surface area contributed by atoms with Gasteiger partial charge in [-0.05, 0) is 37.3 Å². The van der Waals surface area contributed by atoms with Crippen molar-refractivity contribution >= 4 is 17.5 Å². The first-order valence-electron chi connectivity index (χ1n) is 8.46. The molecule has 4 nitrogen and oxygen atoms in total. The second kappa shape index (κ2) is 9.14. The lowest BCUT2D eigenvalue weighted by Gasteiger charge is -2.27. The van der Waals surface area contributed by atoms with Gasteiger partial charge in [-0.2, -0.15) is 0 Å². The van der Waals surface area contributed by atoms with Crippen molar-refractivity contribution in [2.45, 2.75) is 57.7 Å². The summed E-state index contributed by atoms with van der Waals surface area (Å²) in [6.45, 7) is 2.46. The predicted molar refractivity (Wildman–Crippen MR) is 91.8 cm³/mol. The van der Waals surface area contributed by atoms with Crippen molar-refractivity contribution in [2.24, 2.45) is 5.92 Å². The smallest absolute Gasteiger partial charge is 0.220 e. The minimum Gasteiger partial charge on any atom is -0.487 e. The molecule has 0 heterocycles. The average molecular weight is 340 g/mol. The van der Waals surface area contributed by atoms with Crippen LogP contribution < -0.4 is 10.1 Å². The molecule has 1 aromatic carbocycles. The van der Waals surface area contributed by atoms with Crippen LogP contribution in [0.15, 0.2) is 24.3 Å². The summed E-state index contributed by atoms with van der Waals surface area (Å²) in [4.78, 5) is 12.1. The molecule has 5 heteroatoms. The Labute approximate surface area is 143 Å². The van der Waals surface area contributed by atoms with Gasteiger partial charge in [-0.3, -0.25) is 4.79 Å². The monoisotopic (exact) mass is 339 g/mol. The number of para-hydroxylation sites is 1. The Hall–Kier alpha value is -1.26. The topological polar surface area (TPSA) is 58.6 Å². The van der Waals surface area contributed by atoms with E-state index in [1.165, 1.54) is 0 Å². The molecule has 0 saturated heterocycles. The zero-order valence-electron chi connectivity index (χ0n) is 13.6. The fourth-order valence-electron chi connectivity index (χ4n) is 2.95. The van der Waals surface area contributed by atoms with E-state index < -0.39 is 0 Å². The third-order valence-electron chi connectivity index (χ3n) is 4.43. The number of rotatable bonds is 7. The fraction of sp³-hybridized carbons (Fsp3) is 0.611. The zero-order valence-corrected chi connectivity index (χ0v) is 14.4. The van der Waals surface area contributed by atoms with Gasteiger partial charge >= 0.3 is 0 Å². The molecule has 0 aromatic heterocycles. The molecule has 0 unspecified atom stereocenters. The molecule has 2 N–H and O–H groups in total. The third kappa shape index (κ3) is 5.70. The van der Waals surface area contributed by atoms with Gasteiger partial charge in [-0.1, -0.05) is 43.5 Å². The molecule has 2 rings (SSSR count). The van der Waals surface area contributed by atoms with Crippen molar-refractivity contribution in [1.29, 1.82) is 0 Å². The summed E-state index contributed by atoms with van der Waals surface area (Å²) in [5.74, 6) is 0.712. The minimum absolute atomic E-state index is 0.0165. The Morgan fingerprint density at radius 3 is 2.83 bits per heavy atom. The highest BCUT2D eigenvalue weighted by Crippen LogP contribution is 2.27. The van der Waals surface area contributed by atoms with Crippen LogP contribution in [0, 0.1) is 5.92 Å². The van der Waals surface area contributed by atoms with Crippen LogP contribution in [-0.4, -0.2) is 29.8 Å². The van der Waals surface area contributed by atoms with Gasteiger partial charge in [0.05, 0.1) is 17.7 Å². The number of amides is 1. The van der Waals surface area contributed by atoms with E-state index in [2.05, 4.69) is 5.32 Å². The van der Waals surface area contributed by atoms with Gasteiger partial charge in [0.15, 0.2) is 0 Å². The number of nitrogens with one attached hydrogen (secondary N) is 1. The molecule has 1 aliphatic rings. The van der Waals surface area contributed by atoms with Crippen molar-refractivity contribution in [3.63, 3.8) is 0 Å². The van der Waals surface area contributed by atoms with E-state index in [9.17, 15) is 9.90 Å². The van der Waals surface area contributed by atoms with Gasteiger partial charge in [0.2, 0.25) is 5.91 Å². The van der Waals surface area contributed by atoms with Gasteiger partial charge in [0.25, 0.3) is 0 Å². The molecule has 1 aromatic rings. The molecule has 1 fully saturated rings. The molecule has 128 valence electrons. The molecule has 3 atom stereocenters. The summed E-state index contributed by atoms with van der Waals surface area (Å²) in [5, 5.41) is 13.4. The van der Waals surface area contributed by atoms with Crippen LogP contribution in [0.25, 0.3) is 0 Å². The molecule has 1 aliphatic carbocycles. The van der Waals surface area contributed by atoms with E-state index in [0.29, 0.717) is 23.7 Å². The number of halogens is 1. The fourth-order valence-corrected chi connectivity index (χ4v) is 3.13. The number of benzene rings is 1. The van der Waals surface area contributed by atoms with E-state index >= 15 is 0 Å². The second-order valence-electron chi connectivity index (χ2n) is 6.20. The Morgan fingerprint density at radius 2 is 2.13 bits per heavy atom. The number of carbonyl (C=O) groups is 1. The van der Waals surface area contributed by atoms with Gasteiger partial charge < -0.3 is 15.2 Å². The first kappa shape index (κ1) is 18.1. The van der Waals surface area contributed by atoms with E-state index in [1.54, 1.807) is 6.07 Å². The summed E-state index contributed by atoms with van der Waals surface area (Å²) < 4.78 is 5.86. The van der Waals surface area contributed by atoms with E-state index in [1.807, 2.05) is 25.1 Å². The summed E-state index contributed by atoms with van der Waals surface area (Å²) in [6, 6.07) is 7.34. The number of aliphatic hydroxyl groups excluding tert-OH is 1. The summed E-state index contributed by atoms with van der Waals surface area (Å²) in [5.41, 5.74) is 0. The molecule has 0 radical (unpaired) electrons. The van der Waals surface area contributed by atoms with Crippen LogP contribution in [0.5, 0.6) is 5.75 Å². The molecular formula is C18H26ClNO3. The van der Waals surface area contributed by atoms with Gasteiger partial charge in [-0.25, -0.2) is 0 Å². The number of ether oxygens (including phenoxy) is 1. The second-order valence-corrected chi connectivity index (χ2v) is 6.61. The molecular weight excluding hydrogens is 314 g/mol. The van der Waals surface area contributed by atoms with Crippen molar-refractivity contribution < 1.29 is 14.6 Å². The lowest BCUT2D eigenvalue weighted by atomic mass is 9.84. The van der Waals surface area contributed by atoms with Crippen LogP contribution in [0.2, 0.25) is 5.02 Å². The van der Waals surface area contributed by atoms with Crippen LogP contribution in [0.4, 0.5) is 0 Å². The lowest BCUT2D eigenvalue weighted by molar-refractivity contribution is -0.123. The Balaban J connectivity index is 1.78. The van der Waals surface area contributed by atoms with Crippen molar-refractivity contribution in [1.82, 2.24) is 5.32 Å². The molecule has 0 aliphatic heterocycles. The summed E-state index contributed by atoms with van der Waals surface area (Å²) >= 11 is 6.09. The zero-order chi connectivity index (χ0) is 16.7. The van der Waals surface area contributed by atoms with Crippen molar-refractivity contribution in [3.05, 3.63) is 29.3 Å². The van der Waals surface area contributed by atoms with Gasteiger partial charge in [0, 0.05) is 6.42 Å². The highest BCUT2D eigenvalue weighted by atomic mass is 35.5. The first-order valence-corrected chi connectivity index (χ1v) is 8.84. The molecule has 0 spiro atoms. The van der Waals surface area contributed by atoms with Crippen LogP contribution in [0.3, 0.4) is 0 Å². The van der Waals surface area contributed by atoms with Crippen molar-refractivity contribution in [3.8, 4) is 5.75 Å². The van der Waals surface area contributed by atoms with Crippen molar-refractivity contribution in [2.75, 3.05) is 6.54 Å². The number of hydrogen-bond donors (Lipinski definition) is 2. The largest absolute Gasteiger partial charge is 0.487 e. The average Bonchev–Trinajstić information content (AvgIpc) is 2.55. The van der Waals surface area contributed by atoms with Crippen LogP contribution >= 0.6 is 11.6 Å². The normalized spacial score (nSPS) is 22.4. The summed E-state index contributed by atoms with van der Waals surface area (Å²) in [7, 11) is 0. The van der Waals surface area contributed by atoms with Gasteiger partial charge in [-0.15, -0.1) is 0 Å². The molecule has 1 amide bonds. The maximum absolute atomic E-state index is 12.1. The third-order valence-corrected chi connectivity index (χ3v) is 4.74. The highest BCUT2D eigenvalue weighted by Gasteiger charge is 2.25. The highest BCUT2D eigenvalue weighted by molar-refractivity contribution is 6.32. The van der Waals surface area contributed by atoms with Crippen LogP contribution in [-0.2, 0) is 4.79 Å². The number of aliphatic hydroxyl groups is 1. The van der Waals surface area contributed by atoms with E-state index in [0.717, 1.165) is 32.1 Å². The Bertz CT molecular complexity index is 509. The standard InChI is InChI=1S/C18H26ClNO3/c1-2-14(23-17-10-6-4-8-15(17)19)12-20-18(22)11-13-7-3-5-9-16(13)21/h4,6,8,10,13-14,16,21H,2-3,5,7,9,11-12H2,1H3,(H,20,22)/t13-,14-,16+/m1/s1. The van der Waals surface area contributed by atoms with Crippen LogP contribution in [0.1, 0.15) is 45.4 Å². The Kier molecular flexibility index (Phi) is 7.18. The minimum atomic E-state index is -0.337. The predicted octanol–water partition coefficient (Wildman–Crippen LogP) is 3.55. The Morgan fingerprint density at radius 1 is 1.39 bits per heavy atom. The first-order chi connectivity index (χ1) is 11.1. The lowest BCUT2D eigenvalue weighted by Crippen LogP contribution is -2.37. The molecule has 0 bridgehead atoms. The van der Waals surface area contributed by atoms with Gasteiger partial charge in [0.1, 0.15) is 11.9 Å². The summed E-state index contributed by atoms with van der Waals surface area (Å²) in [6.07, 6.45) is 4.62. The molecule has 1 saturated carbocycles. The van der Waals surface area contributed by atoms with E-state index in [4.69, 9.17) is 16.3 Å². The maximum atomic E-state index is 12.1. The number of hydrogen-bond acceptors (Lipinski definition) is 3.